The number of methoxy groups -OCH3 is 1. The van der Waals surface area contributed by atoms with Crippen LogP contribution < -0.4 is 5.32 Å². The van der Waals surface area contributed by atoms with Gasteiger partial charge in [0.15, 0.2) is 0 Å². The zero-order valence-electron chi connectivity index (χ0n) is 10.2. The third kappa shape index (κ3) is 3.26. The highest BCUT2D eigenvalue weighted by Gasteiger charge is 2.17. The van der Waals surface area contributed by atoms with E-state index in [1.807, 2.05) is 17.8 Å². The van der Waals surface area contributed by atoms with E-state index in [9.17, 15) is 9.59 Å². The third-order valence-electron chi connectivity index (χ3n) is 2.69. The molecule has 98 valence electrons. The largest absolute Gasteiger partial charge is 0.469 e. The van der Waals surface area contributed by atoms with Crippen LogP contribution in [0.25, 0.3) is 0 Å². The van der Waals surface area contributed by atoms with E-state index in [4.69, 9.17) is 0 Å². The number of aryl methyl sites for hydroxylation is 1. The molecule has 0 atom stereocenters. The Labute approximate surface area is 114 Å². The number of hydrogen-bond donors (Lipinski definition) is 1. The topological polar surface area (TPSA) is 55.4 Å². The second-order valence-corrected chi connectivity index (χ2v) is 6.19. The van der Waals surface area contributed by atoms with Crippen LogP contribution in [-0.4, -0.2) is 31.3 Å². The number of fused-ring (bicyclic) bond motifs is 1. The summed E-state index contributed by atoms with van der Waals surface area (Å²) in [6.45, 7) is 0.322. The van der Waals surface area contributed by atoms with Crippen LogP contribution in [0.4, 0.5) is 0 Å². The zero-order chi connectivity index (χ0) is 13.0. The summed E-state index contributed by atoms with van der Waals surface area (Å²) in [4.78, 5) is 24.9. The fourth-order valence-corrected chi connectivity index (χ4v) is 4.02. The van der Waals surface area contributed by atoms with E-state index < -0.39 is 0 Å². The summed E-state index contributed by atoms with van der Waals surface area (Å²) in [6.07, 6.45) is 1.27. The number of rotatable bonds is 4. The highest BCUT2D eigenvalue weighted by molar-refractivity contribution is 7.98. The molecule has 0 saturated carbocycles. The summed E-state index contributed by atoms with van der Waals surface area (Å²) >= 11 is 3.47. The van der Waals surface area contributed by atoms with Gasteiger partial charge in [-0.25, -0.2) is 0 Å². The lowest BCUT2D eigenvalue weighted by molar-refractivity contribution is -0.140. The first-order valence-corrected chi connectivity index (χ1v) is 7.72. The van der Waals surface area contributed by atoms with Gasteiger partial charge in [0.1, 0.15) is 0 Å². The number of amides is 1. The van der Waals surface area contributed by atoms with E-state index in [0.717, 1.165) is 22.8 Å². The first-order chi connectivity index (χ1) is 8.70. The average molecular weight is 285 g/mol. The molecule has 0 fully saturated rings. The Morgan fingerprint density at radius 2 is 2.33 bits per heavy atom. The fourth-order valence-electron chi connectivity index (χ4n) is 1.73. The van der Waals surface area contributed by atoms with Crippen LogP contribution in [0, 0.1) is 0 Å². The summed E-state index contributed by atoms with van der Waals surface area (Å²) in [6, 6.07) is 1.97. The van der Waals surface area contributed by atoms with Crippen LogP contribution in [0.3, 0.4) is 0 Å². The molecular weight excluding hydrogens is 270 g/mol. The van der Waals surface area contributed by atoms with E-state index in [0.29, 0.717) is 6.54 Å². The normalized spacial score (nSPS) is 13.8. The molecule has 0 unspecified atom stereocenters. The average Bonchev–Trinajstić information content (AvgIpc) is 2.82. The minimum Gasteiger partial charge on any atom is -0.469 e. The highest BCUT2D eigenvalue weighted by atomic mass is 32.2. The number of thiophene rings is 1. The number of carbonyl (C=O) groups is 2. The quantitative estimate of drug-likeness (QED) is 0.858. The zero-order valence-corrected chi connectivity index (χ0v) is 11.8. The number of thioether (sulfide) groups is 1. The van der Waals surface area contributed by atoms with Crippen molar-refractivity contribution in [2.45, 2.75) is 18.6 Å². The Bertz CT molecular complexity index is 433. The molecular formula is C12H15NO3S2. The van der Waals surface area contributed by atoms with Gasteiger partial charge in [-0.3, -0.25) is 9.59 Å². The monoisotopic (exact) mass is 285 g/mol. The highest BCUT2D eigenvalue weighted by Crippen LogP contribution is 2.31. The minimum absolute atomic E-state index is 0.0942. The lowest BCUT2D eigenvalue weighted by atomic mass is 10.2. The van der Waals surface area contributed by atoms with Gasteiger partial charge in [0.25, 0.3) is 5.91 Å². The Morgan fingerprint density at radius 3 is 3.06 bits per heavy atom. The van der Waals surface area contributed by atoms with Gasteiger partial charge < -0.3 is 10.1 Å². The molecule has 0 radical (unpaired) electrons. The van der Waals surface area contributed by atoms with E-state index in [-0.39, 0.29) is 18.3 Å². The SMILES string of the molecule is COC(=O)CCNC(=O)c1cc2c(s1)CCSC2. The molecule has 1 N–H and O–H groups in total. The van der Waals surface area contributed by atoms with E-state index >= 15 is 0 Å². The van der Waals surface area contributed by atoms with Crippen LogP contribution >= 0.6 is 23.1 Å². The van der Waals surface area contributed by atoms with E-state index in [2.05, 4.69) is 10.1 Å². The van der Waals surface area contributed by atoms with Crippen molar-refractivity contribution in [3.63, 3.8) is 0 Å². The van der Waals surface area contributed by atoms with Crippen molar-refractivity contribution in [1.29, 1.82) is 0 Å². The van der Waals surface area contributed by atoms with Crippen molar-refractivity contribution < 1.29 is 14.3 Å². The van der Waals surface area contributed by atoms with Crippen LogP contribution in [0.5, 0.6) is 0 Å². The molecule has 0 spiro atoms. The van der Waals surface area contributed by atoms with Gasteiger partial charge in [-0.1, -0.05) is 0 Å². The molecule has 2 heterocycles. The number of carbonyl (C=O) groups excluding carboxylic acids is 2. The first-order valence-electron chi connectivity index (χ1n) is 5.75. The second kappa shape index (κ2) is 6.24. The molecule has 0 saturated heterocycles. The van der Waals surface area contributed by atoms with Crippen molar-refractivity contribution in [2.24, 2.45) is 0 Å². The van der Waals surface area contributed by atoms with Gasteiger partial charge in [-0.15, -0.1) is 11.3 Å². The fraction of sp³-hybridized carbons (Fsp3) is 0.500. The van der Waals surface area contributed by atoms with Gasteiger partial charge in [-0.2, -0.15) is 11.8 Å². The smallest absolute Gasteiger partial charge is 0.307 e. The molecule has 6 heteroatoms. The van der Waals surface area contributed by atoms with Gasteiger partial charge >= 0.3 is 5.97 Å². The second-order valence-electron chi connectivity index (χ2n) is 3.94. The van der Waals surface area contributed by atoms with Crippen LogP contribution in [0.1, 0.15) is 26.5 Å². The molecule has 0 aromatic carbocycles. The minimum atomic E-state index is -0.308. The molecule has 1 aliphatic rings. The lowest BCUT2D eigenvalue weighted by Crippen LogP contribution is -2.25. The molecule has 2 rings (SSSR count). The Balaban J connectivity index is 1.89. The molecule has 1 aromatic heterocycles. The summed E-state index contributed by atoms with van der Waals surface area (Å²) < 4.78 is 4.51. The molecule has 0 bridgehead atoms. The van der Waals surface area contributed by atoms with Gasteiger partial charge in [0.2, 0.25) is 0 Å². The van der Waals surface area contributed by atoms with Crippen molar-refractivity contribution in [3.8, 4) is 0 Å². The lowest BCUT2D eigenvalue weighted by Gasteiger charge is -2.08. The summed E-state index contributed by atoms with van der Waals surface area (Å²) in [7, 11) is 1.34. The third-order valence-corrected chi connectivity index (χ3v) is 4.94. The summed E-state index contributed by atoms with van der Waals surface area (Å²) in [5.41, 5.74) is 1.29. The molecule has 1 aliphatic heterocycles. The van der Waals surface area contributed by atoms with Gasteiger partial charge in [0, 0.05) is 17.2 Å². The maximum absolute atomic E-state index is 11.9. The Morgan fingerprint density at radius 1 is 1.50 bits per heavy atom. The predicted molar refractivity (Wildman–Crippen MR) is 73.2 cm³/mol. The number of esters is 1. The van der Waals surface area contributed by atoms with E-state index in [1.54, 1.807) is 11.3 Å². The number of nitrogens with one attached hydrogen (secondary N) is 1. The van der Waals surface area contributed by atoms with Crippen LogP contribution in [-0.2, 0) is 21.7 Å². The van der Waals surface area contributed by atoms with Crippen molar-refractivity contribution in [3.05, 3.63) is 21.4 Å². The van der Waals surface area contributed by atoms with Gasteiger partial charge in [-0.05, 0) is 23.8 Å². The molecule has 18 heavy (non-hydrogen) atoms. The Kier molecular flexibility index (Phi) is 4.66. The van der Waals surface area contributed by atoms with Gasteiger partial charge in [0.05, 0.1) is 18.4 Å². The van der Waals surface area contributed by atoms with Crippen LogP contribution in [0.2, 0.25) is 0 Å². The molecule has 1 amide bonds. The summed E-state index contributed by atoms with van der Waals surface area (Å²) in [5.74, 6) is 1.73. The maximum Gasteiger partial charge on any atom is 0.307 e. The van der Waals surface area contributed by atoms with Crippen molar-refractivity contribution in [2.75, 3.05) is 19.4 Å². The molecule has 0 aliphatic carbocycles. The van der Waals surface area contributed by atoms with E-state index in [1.165, 1.54) is 17.6 Å². The Hall–Kier alpha value is -1.01. The van der Waals surface area contributed by atoms with Crippen LogP contribution in [0.15, 0.2) is 6.07 Å². The first kappa shape index (κ1) is 13.4. The van der Waals surface area contributed by atoms with Crippen molar-refractivity contribution >= 4 is 35.0 Å². The molecule has 4 nitrogen and oxygen atoms in total. The molecule has 1 aromatic rings. The number of hydrogen-bond acceptors (Lipinski definition) is 5. The summed E-state index contributed by atoms with van der Waals surface area (Å²) in [5, 5.41) is 2.74. The maximum atomic E-state index is 11.9. The predicted octanol–water partition coefficient (Wildman–Crippen LogP) is 1.83. The van der Waals surface area contributed by atoms with Crippen molar-refractivity contribution in [1.82, 2.24) is 5.32 Å². The number of ether oxygens (including phenoxy) is 1. The standard InChI is InChI=1S/C12H15NO3S2/c1-16-11(14)2-4-13-12(15)10-6-8-7-17-5-3-9(8)18-10/h6H,2-5,7H2,1H3,(H,13,15).